The highest BCUT2D eigenvalue weighted by atomic mass is 19.1. The molecule has 1 aromatic carbocycles. The number of nitrogens with zero attached hydrogens (tertiary/aromatic N) is 1. The van der Waals surface area contributed by atoms with E-state index in [0.29, 0.717) is 0 Å². The van der Waals surface area contributed by atoms with Crippen LogP contribution in [0.3, 0.4) is 0 Å². The number of aryl methyl sites for hydroxylation is 1. The number of hydrogen-bond donors (Lipinski definition) is 1. The van der Waals surface area contributed by atoms with Crippen LogP contribution in [0.5, 0.6) is 0 Å². The second-order valence-electron chi connectivity index (χ2n) is 5.89. The SMILES string of the molecule is Cc1ccc(F)c(C(=O)N2CCC3(CCNC3)C2)c1. The standard InChI is InChI=1S/C15H19FN2O/c1-11-2-3-13(16)12(8-11)14(19)18-7-5-15(10-18)4-6-17-9-15/h2-3,8,17H,4-7,9-10H2,1H3. The van der Waals surface area contributed by atoms with Gasteiger partial charge in [-0.05, 0) is 38.4 Å². The van der Waals surface area contributed by atoms with E-state index in [-0.39, 0.29) is 16.9 Å². The van der Waals surface area contributed by atoms with E-state index in [9.17, 15) is 9.18 Å². The summed E-state index contributed by atoms with van der Waals surface area (Å²) in [6.45, 7) is 5.39. The van der Waals surface area contributed by atoms with Crippen molar-refractivity contribution >= 4 is 5.91 Å². The van der Waals surface area contributed by atoms with Gasteiger partial charge < -0.3 is 10.2 Å². The maximum Gasteiger partial charge on any atom is 0.256 e. The molecule has 19 heavy (non-hydrogen) atoms. The van der Waals surface area contributed by atoms with Gasteiger partial charge in [-0.1, -0.05) is 11.6 Å². The van der Waals surface area contributed by atoms with Crippen LogP contribution in [-0.2, 0) is 0 Å². The van der Waals surface area contributed by atoms with Crippen molar-refractivity contribution < 1.29 is 9.18 Å². The van der Waals surface area contributed by atoms with Gasteiger partial charge >= 0.3 is 0 Å². The summed E-state index contributed by atoms with van der Waals surface area (Å²) in [5.41, 5.74) is 1.36. The lowest BCUT2D eigenvalue weighted by Crippen LogP contribution is -2.33. The normalized spacial score (nSPS) is 26.3. The first-order valence-corrected chi connectivity index (χ1v) is 6.86. The van der Waals surface area contributed by atoms with Crippen LogP contribution < -0.4 is 5.32 Å². The second kappa shape index (κ2) is 4.60. The second-order valence-corrected chi connectivity index (χ2v) is 5.89. The molecule has 1 atom stereocenters. The van der Waals surface area contributed by atoms with Crippen LogP contribution in [0.25, 0.3) is 0 Å². The number of carbonyl (C=O) groups is 1. The minimum atomic E-state index is -0.416. The Balaban J connectivity index is 1.79. The summed E-state index contributed by atoms with van der Waals surface area (Å²) in [6, 6.07) is 4.72. The lowest BCUT2D eigenvalue weighted by atomic mass is 9.86. The van der Waals surface area contributed by atoms with Gasteiger partial charge in [0.25, 0.3) is 5.91 Å². The third-order valence-electron chi connectivity index (χ3n) is 4.41. The van der Waals surface area contributed by atoms with E-state index in [2.05, 4.69) is 5.32 Å². The Morgan fingerprint density at radius 1 is 1.42 bits per heavy atom. The number of halogens is 1. The zero-order valence-electron chi connectivity index (χ0n) is 11.2. The van der Waals surface area contributed by atoms with Gasteiger partial charge in [-0.3, -0.25) is 4.79 Å². The largest absolute Gasteiger partial charge is 0.338 e. The fourth-order valence-corrected chi connectivity index (χ4v) is 3.23. The molecule has 0 radical (unpaired) electrons. The summed E-state index contributed by atoms with van der Waals surface area (Å²) in [5.74, 6) is -0.578. The van der Waals surface area contributed by atoms with Crippen molar-refractivity contribution in [3.05, 3.63) is 35.1 Å². The lowest BCUT2D eigenvalue weighted by molar-refractivity contribution is 0.0771. The number of likely N-dealkylation sites (tertiary alicyclic amines) is 1. The van der Waals surface area contributed by atoms with Crippen molar-refractivity contribution in [3.63, 3.8) is 0 Å². The Bertz CT molecular complexity index is 509. The van der Waals surface area contributed by atoms with Crippen molar-refractivity contribution in [3.8, 4) is 0 Å². The Morgan fingerprint density at radius 2 is 2.26 bits per heavy atom. The van der Waals surface area contributed by atoms with Crippen LogP contribution >= 0.6 is 0 Å². The molecule has 2 aliphatic heterocycles. The number of rotatable bonds is 1. The molecule has 0 aromatic heterocycles. The molecular formula is C15H19FN2O. The van der Waals surface area contributed by atoms with Crippen molar-refractivity contribution in [1.29, 1.82) is 0 Å². The van der Waals surface area contributed by atoms with Crippen LogP contribution in [0.2, 0.25) is 0 Å². The number of nitrogens with one attached hydrogen (secondary N) is 1. The van der Waals surface area contributed by atoms with Gasteiger partial charge in [0, 0.05) is 25.0 Å². The number of hydrogen-bond acceptors (Lipinski definition) is 2. The van der Waals surface area contributed by atoms with Crippen LogP contribution in [0, 0.1) is 18.2 Å². The molecule has 0 aliphatic carbocycles. The molecule has 0 saturated carbocycles. The number of carbonyl (C=O) groups excluding carboxylic acids is 1. The molecule has 1 amide bonds. The molecule has 0 bridgehead atoms. The molecule has 1 spiro atoms. The first-order chi connectivity index (χ1) is 9.10. The van der Waals surface area contributed by atoms with E-state index in [4.69, 9.17) is 0 Å². The van der Waals surface area contributed by atoms with Crippen molar-refractivity contribution in [2.75, 3.05) is 26.2 Å². The molecule has 102 valence electrons. The van der Waals surface area contributed by atoms with E-state index in [1.54, 1.807) is 12.1 Å². The van der Waals surface area contributed by atoms with Gasteiger partial charge in [-0.15, -0.1) is 0 Å². The third-order valence-corrected chi connectivity index (χ3v) is 4.41. The average Bonchev–Trinajstić information content (AvgIpc) is 3.03. The van der Waals surface area contributed by atoms with Gasteiger partial charge in [0.2, 0.25) is 0 Å². The molecule has 2 aliphatic rings. The molecule has 2 saturated heterocycles. The van der Waals surface area contributed by atoms with Gasteiger partial charge in [-0.25, -0.2) is 4.39 Å². The van der Waals surface area contributed by atoms with Crippen LogP contribution in [-0.4, -0.2) is 37.0 Å². The van der Waals surface area contributed by atoms with Gasteiger partial charge in [0.15, 0.2) is 0 Å². The van der Waals surface area contributed by atoms with Crippen molar-refractivity contribution in [2.45, 2.75) is 19.8 Å². The molecule has 2 fully saturated rings. The highest BCUT2D eigenvalue weighted by Crippen LogP contribution is 2.36. The van der Waals surface area contributed by atoms with Crippen LogP contribution in [0.1, 0.15) is 28.8 Å². The van der Waals surface area contributed by atoms with Gasteiger partial charge in [0.05, 0.1) is 5.56 Å². The minimum absolute atomic E-state index is 0.162. The highest BCUT2D eigenvalue weighted by Gasteiger charge is 2.42. The zero-order chi connectivity index (χ0) is 13.5. The Hall–Kier alpha value is -1.42. The quantitative estimate of drug-likeness (QED) is 0.839. The topological polar surface area (TPSA) is 32.3 Å². The van der Waals surface area contributed by atoms with E-state index in [0.717, 1.165) is 44.6 Å². The Labute approximate surface area is 112 Å². The molecule has 1 N–H and O–H groups in total. The summed E-state index contributed by atoms with van der Waals surface area (Å²) in [4.78, 5) is 14.2. The zero-order valence-corrected chi connectivity index (χ0v) is 11.2. The first kappa shape index (κ1) is 12.6. The smallest absolute Gasteiger partial charge is 0.256 e. The van der Waals surface area contributed by atoms with Crippen molar-refractivity contribution in [1.82, 2.24) is 10.2 Å². The highest BCUT2D eigenvalue weighted by molar-refractivity contribution is 5.94. The molecular weight excluding hydrogens is 243 g/mol. The third kappa shape index (κ3) is 2.25. The summed E-state index contributed by atoms with van der Waals surface area (Å²) in [7, 11) is 0. The van der Waals surface area contributed by atoms with Crippen LogP contribution in [0.15, 0.2) is 18.2 Å². The lowest BCUT2D eigenvalue weighted by Gasteiger charge is -2.23. The Kier molecular flexibility index (Phi) is 3.05. The van der Waals surface area contributed by atoms with E-state index >= 15 is 0 Å². The molecule has 1 unspecified atom stereocenters. The van der Waals surface area contributed by atoms with E-state index < -0.39 is 5.82 Å². The van der Waals surface area contributed by atoms with E-state index in [1.165, 1.54) is 6.07 Å². The maximum absolute atomic E-state index is 13.8. The summed E-state index contributed by atoms with van der Waals surface area (Å²) >= 11 is 0. The molecule has 2 heterocycles. The monoisotopic (exact) mass is 262 g/mol. The molecule has 3 rings (SSSR count). The van der Waals surface area contributed by atoms with Crippen molar-refractivity contribution in [2.24, 2.45) is 5.41 Å². The fraction of sp³-hybridized carbons (Fsp3) is 0.533. The predicted molar refractivity (Wildman–Crippen MR) is 71.6 cm³/mol. The fourth-order valence-electron chi connectivity index (χ4n) is 3.23. The molecule has 3 nitrogen and oxygen atoms in total. The van der Waals surface area contributed by atoms with Crippen LogP contribution in [0.4, 0.5) is 4.39 Å². The summed E-state index contributed by atoms with van der Waals surface area (Å²) in [5, 5.41) is 3.36. The maximum atomic E-state index is 13.8. The number of benzene rings is 1. The minimum Gasteiger partial charge on any atom is -0.338 e. The molecule has 1 aromatic rings. The molecule has 4 heteroatoms. The summed E-state index contributed by atoms with van der Waals surface area (Å²) in [6.07, 6.45) is 2.15. The Morgan fingerprint density at radius 3 is 3.00 bits per heavy atom. The van der Waals surface area contributed by atoms with Gasteiger partial charge in [0.1, 0.15) is 5.82 Å². The number of amides is 1. The van der Waals surface area contributed by atoms with Gasteiger partial charge in [-0.2, -0.15) is 0 Å². The predicted octanol–water partition coefficient (Wildman–Crippen LogP) is 1.96. The first-order valence-electron chi connectivity index (χ1n) is 6.86. The van der Waals surface area contributed by atoms with E-state index in [1.807, 2.05) is 11.8 Å². The average molecular weight is 262 g/mol. The summed E-state index contributed by atoms with van der Waals surface area (Å²) < 4.78 is 13.8.